The van der Waals surface area contributed by atoms with Gasteiger partial charge in [0.2, 0.25) is 0 Å². The second-order valence-corrected chi connectivity index (χ2v) is 4.41. The maximum Gasteiger partial charge on any atom is 0.311 e. The Bertz CT molecular complexity index is 738. The number of nitriles is 1. The summed E-state index contributed by atoms with van der Waals surface area (Å²) in [5.74, 6) is -0.609. The molecule has 0 aliphatic heterocycles. The van der Waals surface area contributed by atoms with Crippen LogP contribution in [0, 0.1) is 34.2 Å². The number of benzene rings is 2. The topological polar surface area (TPSA) is 76.2 Å². The van der Waals surface area contributed by atoms with Gasteiger partial charge < -0.3 is 4.74 Å². The highest BCUT2D eigenvalue weighted by Gasteiger charge is 2.16. The van der Waals surface area contributed by atoms with Crippen molar-refractivity contribution in [2.75, 3.05) is 0 Å². The van der Waals surface area contributed by atoms with Crippen molar-refractivity contribution < 1.29 is 14.1 Å². The molecule has 0 bridgehead atoms. The molecule has 2 rings (SSSR count). The monoisotopic (exact) mass is 286 g/mol. The third kappa shape index (κ3) is 3.15. The largest absolute Gasteiger partial charge is 0.482 e. The molecule has 0 unspecified atom stereocenters. The van der Waals surface area contributed by atoms with E-state index >= 15 is 0 Å². The van der Waals surface area contributed by atoms with Crippen LogP contribution in [0.4, 0.5) is 10.1 Å². The summed E-state index contributed by atoms with van der Waals surface area (Å²) < 4.78 is 19.2. The molecule has 0 atom stereocenters. The van der Waals surface area contributed by atoms with Crippen LogP contribution in [0.2, 0.25) is 0 Å². The Kier molecular flexibility index (Phi) is 4.14. The van der Waals surface area contributed by atoms with Crippen molar-refractivity contribution in [3.8, 4) is 11.8 Å². The fraction of sp³-hybridized carbons (Fsp3) is 0.133. The lowest BCUT2D eigenvalue weighted by Gasteiger charge is -2.08. The smallest absolute Gasteiger partial charge is 0.311 e. The van der Waals surface area contributed by atoms with E-state index in [2.05, 4.69) is 0 Å². The summed E-state index contributed by atoms with van der Waals surface area (Å²) >= 11 is 0. The maximum atomic E-state index is 13.9. The van der Waals surface area contributed by atoms with E-state index in [0.717, 1.165) is 5.56 Å². The van der Waals surface area contributed by atoms with E-state index < -0.39 is 10.7 Å². The third-order valence-electron chi connectivity index (χ3n) is 2.89. The van der Waals surface area contributed by atoms with Crippen LogP contribution >= 0.6 is 0 Å². The lowest BCUT2D eigenvalue weighted by molar-refractivity contribution is -0.386. The maximum absolute atomic E-state index is 13.9. The Labute approximate surface area is 120 Å². The Morgan fingerprint density at radius 2 is 2.14 bits per heavy atom. The summed E-state index contributed by atoms with van der Waals surface area (Å²) in [6.45, 7) is 1.54. The van der Waals surface area contributed by atoms with Gasteiger partial charge in [-0.05, 0) is 24.6 Å². The number of aryl methyl sites for hydroxylation is 1. The lowest BCUT2D eigenvalue weighted by atomic mass is 10.1. The second-order valence-electron chi connectivity index (χ2n) is 4.41. The molecule has 6 heteroatoms. The quantitative estimate of drug-likeness (QED) is 0.636. The Hall–Kier alpha value is -2.94. The average Bonchev–Trinajstić information content (AvgIpc) is 2.47. The van der Waals surface area contributed by atoms with Gasteiger partial charge in [0.25, 0.3) is 0 Å². The molecule has 0 saturated carbocycles. The van der Waals surface area contributed by atoms with E-state index in [1.54, 1.807) is 19.1 Å². The first-order chi connectivity index (χ1) is 10.0. The first-order valence-electron chi connectivity index (χ1n) is 6.08. The zero-order valence-electron chi connectivity index (χ0n) is 11.2. The first-order valence-corrected chi connectivity index (χ1v) is 6.08. The van der Waals surface area contributed by atoms with Crippen LogP contribution in [0.25, 0.3) is 0 Å². The lowest BCUT2D eigenvalue weighted by Crippen LogP contribution is -2.02. The number of nitrogens with zero attached hydrogens (tertiary/aromatic N) is 2. The van der Waals surface area contributed by atoms with Gasteiger partial charge in [0.1, 0.15) is 18.5 Å². The molecule has 0 amide bonds. The molecule has 0 N–H and O–H groups in total. The van der Waals surface area contributed by atoms with Crippen LogP contribution in [-0.4, -0.2) is 4.92 Å². The predicted molar refractivity (Wildman–Crippen MR) is 73.3 cm³/mol. The summed E-state index contributed by atoms with van der Waals surface area (Å²) in [5.41, 5.74) is 0.636. The molecule has 2 aromatic rings. The number of rotatable bonds is 4. The third-order valence-corrected chi connectivity index (χ3v) is 2.89. The van der Waals surface area contributed by atoms with Crippen molar-refractivity contribution in [1.82, 2.24) is 0 Å². The van der Waals surface area contributed by atoms with E-state index in [-0.39, 0.29) is 29.2 Å². The summed E-state index contributed by atoms with van der Waals surface area (Å²) in [4.78, 5) is 10.4. The normalized spacial score (nSPS) is 9.95. The summed E-state index contributed by atoms with van der Waals surface area (Å²) in [7, 11) is 0. The zero-order chi connectivity index (χ0) is 15.4. The molecule has 21 heavy (non-hydrogen) atoms. The van der Waals surface area contributed by atoms with Crippen LogP contribution in [0.5, 0.6) is 5.75 Å². The van der Waals surface area contributed by atoms with Crippen molar-refractivity contribution in [3.05, 3.63) is 69.0 Å². The van der Waals surface area contributed by atoms with Gasteiger partial charge in [0, 0.05) is 11.6 Å². The van der Waals surface area contributed by atoms with Gasteiger partial charge in [-0.25, -0.2) is 4.39 Å². The van der Waals surface area contributed by atoms with Crippen LogP contribution in [0.1, 0.15) is 16.7 Å². The summed E-state index contributed by atoms with van der Waals surface area (Å²) in [6.07, 6.45) is 0. The molecular formula is C15H11FN2O3. The van der Waals surface area contributed by atoms with E-state index in [0.29, 0.717) is 0 Å². The SMILES string of the molecule is Cc1ccc(OCc2cccc(C#N)c2F)c([N+](=O)[O-])c1. The number of nitro benzene ring substituents is 1. The second kappa shape index (κ2) is 6.01. The van der Waals surface area contributed by atoms with Gasteiger partial charge >= 0.3 is 5.69 Å². The van der Waals surface area contributed by atoms with Crippen LogP contribution < -0.4 is 4.74 Å². The molecule has 0 aromatic heterocycles. The molecule has 106 valence electrons. The molecule has 0 fully saturated rings. The number of nitro groups is 1. The van der Waals surface area contributed by atoms with Gasteiger partial charge in [-0.1, -0.05) is 18.2 Å². The number of hydrogen-bond donors (Lipinski definition) is 0. The van der Waals surface area contributed by atoms with E-state index in [4.69, 9.17) is 10.00 Å². The van der Waals surface area contributed by atoms with Crippen molar-refractivity contribution in [2.24, 2.45) is 0 Å². The minimum atomic E-state index is -0.672. The highest BCUT2D eigenvalue weighted by molar-refractivity contribution is 5.48. The molecule has 0 spiro atoms. The van der Waals surface area contributed by atoms with Crippen LogP contribution in [0.15, 0.2) is 36.4 Å². The fourth-order valence-corrected chi connectivity index (χ4v) is 1.83. The Morgan fingerprint density at radius 1 is 1.38 bits per heavy atom. The van der Waals surface area contributed by atoms with Crippen molar-refractivity contribution in [3.63, 3.8) is 0 Å². The van der Waals surface area contributed by atoms with Gasteiger partial charge in [0.05, 0.1) is 10.5 Å². The highest BCUT2D eigenvalue weighted by Crippen LogP contribution is 2.28. The molecule has 0 radical (unpaired) electrons. The minimum absolute atomic E-state index is 0.0624. The average molecular weight is 286 g/mol. The Balaban J connectivity index is 2.25. The molecule has 5 nitrogen and oxygen atoms in total. The van der Waals surface area contributed by atoms with Gasteiger partial charge in [-0.3, -0.25) is 10.1 Å². The molecule has 2 aromatic carbocycles. The minimum Gasteiger partial charge on any atom is -0.482 e. The van der Waals surface area contributed by atoms with Crippen molar-refractivity contribution >= 4 is 5.69 Å². The number of ether oxygens (including phenoxy) is 1. The standard InChI is InChI=1S/C15H11FN2O3/c1-10-5-6-14(13(7-10)18(19)20)21-9-12-4-2-3-11(8-17)15(12)16/h2-7H,9H2,1H3. The van der Waals surface area contributed by atoms with Crippen LogP contribution in [0.3, 0.4) is 0 Å². The predicted octanol–water partition coefficient (Wildman–Crippen LogP) is 3.49. The van der Waals surface area contributed by atoms with Gasteiger partial charge in [0.15, 0.2) is 5.75 Å². The number of halogens is 1. The molecule has 0 saturated heterocycles. The molecule has 0 heterocycles. The fourth-order valence-electron chi connectivity index (χ4n) is 1.83. The van der Waals surface area contributed by atoms with Crippen LogP contribution in [-0.2, 0) is 6.61 Å². The first kappa shape index (κ1) is 14.5. The van der Waals surface area contributed by atoms with E-state index in [9.17, 15) is 14.5 Å². The Morgan fingerprint density at radius 3 is 2.81 bits per heavy atom. The van der Waals surface area contributed by atoms with Crippen molar-refractivity contribution in [1.29, 1.82) is 5.26 Å². The summed E-state index contributed by atoms with van der Waals surface area (Å²) in [6, 6.07) is 10.6. The highest BCUT2D eigenvalue weighted by atomic mass is 19.1. The van der Waals surface area contributed by atoms with Gasteiger partial charge in [-0.15, -0.1) is 0 Å². The zero-order valence-corrected chi connectivity index (χ0v) is 11.2. The molecular weight excluding hydrogens is 275 g/mol. The molecule has 0 aliphatic rings. The van der Waals surface area contributed by atoms with E-state index in [1.165, 1.54) is 30.3 Å². The summed E-state index contributed by atoms with van der Waals surface area (Å²) in [5, 5.41) is 19.7. The van der Waals surface area contributed by atoms with Gasteiger partial charge in [-0.2, -0.15) is 5.26 Å². The molecule has 0 aliphatic carbocycles. The van der Waals surface area contributed by atoms with E-state index in [1.807, 2.05) is 0 Å². The number of hydrogen-bond acceptors (Lipinski definition) is 4. The van der Waals surface area contributed by atoms with Crippen molar-refractivity contribution in [2.45, 2.75) is 13.5 Å².